The zero-order valence-electron chi connectivity index (χ0n) is 12.5. The van der Waals surface area contributed by atoms with E-state index in [2.05, 4.69) is 10.1 Å². The summed E-state index contributed by atoms with van der Waals surface area (Å²) in [6, 6.07) is 15.2. The van der Waals surface area contributed by atoms with Crippen molar-refractivity contribution in [2.24, 2.45) is 0 Å². The van der Waals surface area contributed by atoms with Crippen LogP contribution in [0.15, 0.2) is 53.1 Å². The Balaban J connectivity index is 1.71. The molecule has 118 valence electrons. The summed E-state index contributed by atoms with van der Waals surface area (Å²) in [6.07, 6.45) is 0. The van der Waals surface area contributed by atoms with Gasteiger partial charge in [-0.25, -0.2) is 0 Å². The number of rotatable bonds is 5. The second-order valence-electron chi connectivity index (χ2n) is 5.15. The minimum atomic E-state index is -1.11. The number of halogens is 1. The van der Waals surface area contributed by atoms with Gasteiger partial charge in [-0.15, -0.1) is 0 Å². The number of nitrogens with zero attached hydrogens (tertiary/aromatic N) is 2. The molecule has 3 rings (SSSR count). The molecule has 0 spiro atoms. The van der Waals surface area contributed by atoms with Crippen molar-refractivity contribution < 1.29 is 8.73 Å². The van der Waals surface area contributed by atoms with Crippen molar-refractivity contribution in [2.75, 3.05) is 0 Å². The normalized spacial score (nSPS) is 12.3. The SMILES string of the molecule is Cc1ccccc1CS(=O)Cc1nc(-c2ccccc2Cl)no1. The van der Waals surface area contributed by atoms with Crippen molar-refractivity contribution in [2.45, 2.75) is 18.4 Å². The summed E-state index contributed by atoms with van der Waals surface area (Å²) in [5.41, 5.74) is 2.90. The highest BCUT2D eigenvalue weighted by Gasteiger charge is 2.14. The van der Waals surface area contributed by atoms with Crippen LogP contribution in [0.4, 0.5) is 0 Å². The summed E-state index contributed by atoms with van der Waals surface area (Å²) in [5, 5.41) is 4.48. The summed E-state index contributed by atoms with van der Waals surface area (Å²) in [4.78, 5) is 4.29. The first-order chi connectivity index (χ1) is 11.1. The molecular formula is C17H15ClN2O2S. The molecule has 0 saturated carbocycles. The molecule has 0 bridgehead atoms. The molecule has 6 heteroatoms. The van der Waals surface area contributed by atoms with Crippen LogP contribution in [0.5, 0.6) is 0 Å². The van der Waals surface area contributed by atoms with E-state index in [0.29, 0.717) is 28.1 Å². The van der Waals surface area contributed by atoms with Crippen molar-refractivity contribution in [1.82, 2.24) is 10.1 Å². The molecule has 0 aliphatic carbocycles. The molecule has 0 aliphatic rings. The molecule has 4 nitrogen and oxygen atoms in total. The summed E-state index contributed by atoms with van der Waals surface area (Å²) in [6.45, 7) is 2.01. The maximum Gasteiger partial charge on any atom is 0.239 e. The Morgan fingerprint density at radius 3 is 2.61 bits per heavy atom. The van der Waals surface area contributed by atoms with Gasteiger partial charge in [-0.3, -0.25) is 4.21 Å². The van der Waals surface area contributed by atoms with E-state index in [9.17, 15) is 4.21 Å². The largest absolute Gasteiger partial charge is 0.338 e. The van der Waals surface area contributed by atoms with E-state index in [4.69, 9.17) is 16.1 Å². The molecule has 0 saturated heterocycles. The highest BCUT2D eigenvalue weighted by molar-refractivity contribution is 7.83. The second kappa shape index (κ2) is 7.06. The van der Waals surface area contributed by atoms with Crippen LogP contribution in [0, 0.1) is 6.92 Å². The summed E-state index contributed by atoms with van der Waals surface area (Å²) in [7, 11) is -1.11. The zero-order chi connectivity index (χ0) is 16.2. The lowest BCUT2D eigenvalue weighted by Crippen LogP contribution is -2.01. The van der Waals surface area contributed by atoms with E-state index < -0.39 is 10.8 Å². The molecule has 0 amide bonds. The van der Waals surface area contributed by atoms with Gasteiger partial charge in [0.25, 0.3) is 0 Å². The number of aryl methyl sites for hydroxylation is 1. The third-order valence-corrected chi connectivity index (χ3v) is 4.98. The highest BCUT2D eigenvalue weighted by Crippen LogP contribution is 2.25. The fraction of sp³-hybridized carbons (Fsp3) is 0.176. The number of hydrogen-bond donors (Lipinski definition) is 0. The van der Waals surface area contributed by atoms with Gasteiger partial charge in [0.15, 0.2) is 0 Å². The molecule has 1 unspecified atom stereocenters. The van der Waals surface area contributed by atoms with Crippen molar-refractivity contribution in [3.8, 4) is 11.4 Å². The Morgan fingerprint density at radius 2 is 1.83 bits per heavy atom. The van der Waals surface area contributed by atoms with E-state index in [1.165, 1.54) is 0 Å². The van der Waals surface area contributed by atoms with Crippen molar-refractivity contribution in [3.63, 3.8) is 0 Å². The maximum atomic E-state index is 12.3. The lowest BCUT2D eigenvalue weighted by Gasteiger charge is -2.03. The van der Waals surface area contributed by atoms with Crippen molar-refractivity contribution in [1.29, 1.82) is 0 Å². The Bertz CT molecular complexity index is 848. The van der Waals surface area contributed by atoms with Gasteiger partial charge in [0.1, 0.15) is 5.75 Å². The van der Waals surface area contributed by atoms with Gasteiger partial charge in [0, 0.05) is 22.1 Å². The molecule has 0 fully saturated rings. The van der Waals surface area contributed by atoms with Gasteiger partial charge < -0.3 is 4.52 Å². The van der Waals surface area contributed by atoms with Crippen molar-refractivity contribution in [3.05, 3.63) is 70.6 Å². The van der Waals surface area contributed by atoms with E-state index in [0.717, 1.165) is 11.1 Å². The quantitative estimate of drug-likeness (QED) is 0.696. The molecule has 1 atom stereocenters. The topological polar surface area (TPSA) is 56.0 Å². The predicted octanol–water partition coefficient (Wildman–Crippen LogP) is 4.15. The summed E-state index contributed by atoms with van der Waals surface area (Å²) in [5.74, 6) is 1.47. The minimum absolute atomic E-state index is 0.228. The first-order valence-electron chi connectivity index (χ1n) is 7.10. The third-order valence-electron chi connectivity index (χ3n) is 3.45. The average molecular weight is 347 g/mol. The third kappa shape index (κ3) is 3.86. The first kappa shape index (κ1) is 15.9. The molecule has 23 heavy (non-hydrogen) atoms. The average Bonchev–Trinajstić information content (AvgIpc) is 2.98. The van der Waals surface area contributed by atoms with Crippen LogP contribution in [0.2, 0.25) is 5.02 Å². The molecule has 3 aromatic rings. The number of hydrogen-bond acceptors (Lipinski definition) is 4. The Labute approximate surface area is 142 Å². The predicted molar refractivity (Wildman–Crippen MR) is 91.5 cm³/mol. The van der Waals surface area contributed by atoms with E-state index in [1.807, 2.05) is 49.4 Å². The number of benzene rings is 2. The second-order valence-corrected chi connectivity index (χ2v) is 7.01. The van der Waals surface area contributed by atoms with Gasteiger partial charge >= 0.3 is 0 Å². The van der Waals surface area contributed by atoms with E-state index >= 15 is 0 Å². The first-order valence-corrected chi connectivity index (χ1v) is 8.97. The van der Waals surface area contributed by atoms with Crippen LogP contribution >= 0.6 is 11.6 Å². The number of aromatic nitrogens is 2. The Kier molecular flexibility index (Phi) is 4.88. The van der Waals surface area contributed by atoms with E-state index in [-0.39, 0.29) is 5.75 Å². The van der Waals surface area contributed by atoms with Gasteiger partial charge in [-0.05, 0) is 30.2 Å². The monoisotopic (exact) mass is 346 g/mol. The summed E-state index contributed by atoms with van der Waals surface area (Å²) >= 11 is 6.12. The van der Waals surface area contributed by atoms with Gasteiger partial charge in [0.05, 0.1) is 5.02 Å². The lowest BCUT2D eigenvalue weighted by atomic mass is 10.1. The zero-order valence-corrected chi connectivity index (χ0v) is 14.1. The fourth-order valence-electron chi connectivity index (χ4n) is 2.20. The Hall–Kier alpha value is -1.98. The van der Waals surface area contributed by atoms with Crippen LogP contribution in [-0.2, 0) is 22.3 Å². The van der Waals surface area contributed by atoms with Gasteiger partial charge in [-0.2, -0.15) is 4.98 Å². The smallest absolute Gasteiger partial charge is 0.239 e. The van der Waals surface area contributed by atoms with Crippen LogP contribution in [0.1, 0.15) is 17.0 Å². The van der Waals surface area contributed by atoms with Crippen LogP contribution in [-0.4, -0.2) is 14.3 Å². The highest BCUT2D eigenvalue weighted by atomic mass is 35.5. The van der Waals surface area contributed by atoms with Gasteiger partial charge in [-0.1, -0.05) is 53.2 Å². The molecule has 0 N–H and O–H groups in total. The molecular weight excluding hydrogens is 332 g/mol. The van der Waals surface area contributed by atoms with E-state index in [1.54, 1.807) is 6.07 Å². The van der Waals surface area contributed by atoms with Crippen LogP contribution in [0.3, 0.4) is 0 Å². The Morgan fingerprint density at radius 1 is 1.09 bits per heavy atom. The standard InChI is InChI=1S/C17H15ClN2O2S/c1-12-6-2-3-7-13(12)10-23(21)11-16-19-17(20-22-16)14-8-4-5-9-15(14)18/h2-9H,10-11H2,1H3. The van der Waals surface area contributed by atoms with Crippen LogP contribution < -0.4 is 0 Å². The summed E-state index contributed by atoms with van der Waals surface area (Å²) < 4.78 is 17.5. The van der Waals surface area contributed by atoms with Crippen LogP contribution in [0.25, 0.3) is 11.4 Å². The molecule has 2 aromatic carbocycles. The molecule has 0 aliphatic heterocycles. The fourth-order valence-corrected chi connectivity index (χ4v) is 3.59. The molecule has 1 heterocycles. The lowest BCUT2D eigenvalue weighted by molar-refractivity contribution is 0.390. The minimum Gasteiger partial charge on any atom is -0.338 e. The van der Waals surface area contributed by atoms with Crippen molar-refractivity contribution >= 4 is 22.4 Å². The maximum absolute atomic E-state index is 12.3. The molecule has 1 aromatic heterocycles. The van der Waals surface area contributed by atoms with Gasteiger partial charge in [0.2, 0.25) is 11.7 Å². The molecule has 0 radical (unpaired) electrons.